The molecule has 3 heterocycles. The first kappa shape index (κ1) is 17.6. The van der Waals surface area contributed by atoms with Crippen LogP contribution in [-0.2, 0) is 0 Å². The summed E-state index contributed by atoms with van der Waals surface area (Å²) in [5.74, 6) is 0.652. The average molecular weight is 373 g/mol. The van der Waals surface area contributed by atoms with Gasteiger partial charge in [-0.3, -0.25) is 0 Å². The van der Waals surface area contributed by atoms with Crippen molar-refractivity contribution in [3.05, 3.63) is 35.7 Å². The van der Waals surface area contributed by atoms with Crippen LogP contribution in [0, 0.1) is 24.5 Å². The summed E-state index contributed by atoms with van der Waals surface area (Å²) < 4.78 is 36.2. The zero-order valence-corrected chi connectivity index (χ0v) is 15.5. The van der Waals surface area contributed by atoms with Gasteiger partial charge in [0.15, 0.2) is 0 Å². The first-order valence-electron chi connectivity index (χ1n) is 8.98. The average Bonchev–Trinajstić information content (AvgIpc) is 3.11. The molecule has 142 valence electrons. The molecule has 1 unspecified atom stereocenters. The van der Waals surface area contributed by atoms with Crippen molar-refractivity contribution in [3.8, 4) is 17.0 Å². The zero-order valence-electron chi connectivity index (χ0n) is 15.5. The molecule has 1 fully saturated rings. The van der Waals surface area contributed by atoms with Crippen molar-refractivity contribution in [2.24, 2.45) is 5.92 Å². The minimum absolute atomic E-state index is 0.105. The molecule has 0 amide bonds. The summed E-state index contributed by atoms with van der Waals surface area (Å²) in [7, 11) is 1.46. The summed E-state index contributed by atoms with van der Waals surface area (Å²) in [5, 5.41) is 4.28. The maximum absolute atomic E-state index is 14.9. The molecule has 1 saturated heterocycles. The van der Waals surface area contributed by atoms with E-state index in [4.69, 9.17) is 4.74 Å². The Hall–Kier alpha value is -2.77. The molecule has 0 spiro atoms. The molecule has 0 bridgehead atoms. The lowest BCUT2D eigenvalue weighted by molar-refractivity contribution is 0.397. The van der Waals surface area contributed by atoms with E-state index < -0.39 is 11.6 Å². The minimum atomic E-state index is -0.528. The summed E-state index contributed by atoms with van der Waals surface area (Å²) in [6, 6.07) is 2.39. The van der Waals surface area contributed by atoms with Crippen LogP contribution in [0.5, 0.6) is 5.88 Å². The molecule has 8 heteroatoms. The number of aromatic nitrogens is 4. The quantitative estimate of drug-likeness (QED) is 0.702. The summed E-state index contributed by atoms with van der Waals surface area (Å²) in [4.78, 5) is 10.6. The van der Waals surface area contributed by atoms with Gasteiger partial charge in [-0.1, -0.05) is 6.92 Å². The molecule has 1 atom stereocenters. The molecule has 0 radical (unpaired) electrons. The molecule has 0 N–H and O–H groups in total. The predicted octanol–water partition coefficient (Wildman–Crippen LogP) is 3.62. The Morgan fingerprint density at radius 3 is 2.78 bits per heavy atom. The van der Waals surface area contributed by atoms with Crippen LogP contribution in [-0.4, -0.2) is 39.8 Å². The number of aryl methyl sites for hydroxylation is 1. The number of hydrogen-bond donors (Lipinski definition) is 0. The third kappa shape index (κ3) is 2.98. The Kier molecular flexibility index (Phi) is 4.41. The SMILES string of the molecule is COc1nc2ncnn2c(N2CCCC(C)C2)c1-c1cc(F)c(C)cc1F. The van der Waals surface area contributed by atoms with E-state index in [1.165, 1.54) is 32.5 Å². The number of rotatable bonds is 3. The number of nitrogens with zero attached hydrogens (tertiary/aromatic N) is 5. The van der Waals surface area contributed by atoms with E-state index >= 15 is 0 Å². The van der Waals surface area contributed by atoms with Gasteiger partial charge in [0.25, 0.3) is 5.78 Å². The van der Waals surface area contributed by atoms with Crippen molar-refractivity contribution in [1.29, 1.82) is 0 Å². The van der Waals surface area contributed by atoms with Crippen molar-refractivity contribution >= 4 is 11.6 Å². The Labute approximate surface area is 155 Å². The molecule has 3 aromatic rings. The monoisotopic (exact) mass is 373 g/mol. The van der Waals surface area contributed by atoms with Gasteiger partial charge in [-0.2, -0.15) is 19.6 Å². The fourth-order valence-corrected chi connectivity index (χ4v) is 3.70. The number of piperidine rings is 1. The highest BCUT2D eigenvalue weighted by Gasteiger charge is 2.28. The Morgan fingerprint density at radius 2 is 2.04 bits per heavy atom. The molecule has 1 aromatic carbocycles. The van der Waals surface area contributed by atoms with Crippen molar-refractivity contribution in [3.63, 3.8) is 0 Å². The Balaban J connectivity index is 2.04. The van der Waals surface area contributed by atoms with E-state index in [9.17, 15) is 8.78 Å². The van der Waals surface area contributed by atoms with Gasteiger partial charge in [0.05, 0.1) is 12.7 Å². The van der Waals surface area contributed by atoms with E-state index in [0.29, 0.717) is 23.1 Å². The second-order valence-electron chi connectivity index (χ2n) is 7.07. The Morgan fingerprint density at radius 1 is 1.22 bits per heavy atom. The van der Waals surface area contributed by atoms with Crippen molar-refractivity contribution in [2.75, 3.05) is 25.1 Å². The number of fused-ring (bicyclic) bond motifs is 1. The highest BCUT2D eigenvalue weighted by Crippen LogP contribution is 2.40. The standard InChI is InChI=1S/C19H21F2N5O/c1-11-5-4-6-25(9-11)18-16(13-8-14(20)12(2)7-15(13)21)17(27-3)24-19-22-10-23-26(18)19/h7-8,10-11H,4-6,9H2,1-3H3. The van der Waals surface area contributed by atoms with Crippen LogP contribution in [0.15, 0.2) is 18.5 Å². The highest BCUT2D eigenvalue weighted by atomic mass is 19.1. The third-order valence-electron chi connectivity index (χ3n) is 5.04. The summed E-state index contributed by atoms with van der Waals surface area (Å²) in [6.07, 6.45) is 3.53. The normalized spacial score (nSPS) is 17.5. The van der Waals surface area contributed by atoms with E-state index in [-0.39, 0.29) is 17.0 Å². The van der Waals surface area contributed by atoms with Gasteiger partial charge in [0.2, 0.25) is 5.88 Å². The van der Waals surface area contributed by atoms with E-state index in [0.717, 1.165) is 25.9 Å². The fraction of sp³-hybridized carbons (Fsp3) is 0.421. The second kappa shape index (κ2) is 6.75. The first-order valence-corrected chi connectivity index (χ1v) is 8.98. The maximum Gasteiger partial charge on any atom is 0.257 e. The largest absolute Gasteiger partial charge is 0.480 e. The first-order chi connectivity index (χ1) is 13.0. The van der Waals surface area contributed by atoms with Crippen LogP contribution >= 0.6 is 0 Å². The van der Waals surface area contributed by atoms with Gasteiger partial charge < -0.3 is 9.64 Å². The lowest BCUT2D eigenvalue weighted by Gasteiger charge is -2.34. The van der Waals surface area contributed by atoms with Crippen molar-refractivity contribution < 1.29 is 13.5 Å². The van der Waals surface area contributed by atoms with Crippen LogP contribution < -0.4 is 9.64 Å². The molecule has 27 heavy (non-hydrogen) atoms. The van der Waals surface area contributed by atoms with Crippen LogP contribution in [0.2, 0.25) is 0 Å². The third-order valence-corrected chi connectivity index (χ3v) is 5.04. The van der Waals surface area contributed by atoms with Gasteiger partial charge in [0.1, 0.15) is 23.8 Å². The second-order valence-corrected chi connectivity index (χ2v) is 7.07. The number of ether oxygens (including phenoxy) is 1. The molecular formula is C19H21F2N5O. The molecule has 1 aliphatic heterocycles. The summed E-state index contributed by atoms with van der Waals surface area (Å²) in [5.41, 5.74) is 0.743. The minimum Gasteiger partial charge on any atom is -0.480 e. The number of benzene rings is 1. The van der Waals surface area contributed by atoms with Crippen molar-refractivity contribution in [2.45, 2.75) is 26.7 Å². The van der Waals surface area contributed by atoms with E-state index in [1.54, 1.807) is 4.52 Å². The number of hydrogen-bond acceptors (Lipinski definition) is 5. The Bertz CT molecular complexity index is 1000. The lowest BCUT2D eigenvalue weighted by atomic mass is 9.98. The zero-order chi connectivity index (χ0) is 19.1. The smallest absolute Gasteiger partial charge is 0.257 e. The van der Waals surface area contributed by atoms with Crippen LogP contribution in [0.25, 0.3) is 16.9 Å². The molecule has 4 rings (SSSR count). The van der Waals surface area contributed by atoms with Gasteiger partial charge in [-0.25, -0.2) is 8.78 Å². The van der Waals surface area contributed by atoms with Gasteiger partial charge in [-0.15, -0.1) is 0 Å². The number of anilines is 1. The van der Waals surface area contributed by atoms with E-state index in [1.807, 2.05) is 0 Å². The highest BCUT2D eigenvalue weighted by molar-refractivity contribution is 5.82. The summed E-state index contributed by atoms with van der Waals surface area (Å²) >= 11 is 0. The number of halogens is 2. The molecule has 2 aromatic heterocycles. The molecule has 6 nitrogen and oxygen atoms in total. The lowest BCUT2D eigenvalue weighted by Crippen LogP contribution is -2.36. The molecule has 1 aliphatic rings. The molecule has 0 saturated carbocycles. The fourth-order valence-electron chi connectivity index (χ4n) is 3.70. The van der Waals surface area contributed by atoms with Crippen LogP contribution in [0.3, 0.4) is 0 Å². The maximum atomic E-state index is 14.9. The summed E-state index contributed by atoms with van der Waals surface area (Å²) in [6.45, 7) is 5.28. The van der Waals surface area contributed by atoms with Crippen LogP contribution in [0.1, 0.15) is 25.3 Å². The van der Waals surface area contributed by atoms with Gasteiger partial charge in [0, 0.05) is 18.7 Å². The topological polar surface area (TPSA) is 55.6 Å². The van der Waals surface area contributed by atoms with Crippen molar-refractivity contribution in [1.82, 2.24) is 19.6 Å². The molecule has 0 aliphatic carbocycles. The van der Waals surface area contributed by atoms with E-state index in [2.05, 4.69) is 26.9 Å². The van der Waals surface area contributed by atoms with Crippen LogP contribution in [0.4, 0.5) is 14.6 Å². The predicted molar refractivity (Wildman–Crippen MR) is 98.0 cm³/mol. The number of methoxy groups -OCH3 is 1. The van der Waals surface area contributed by atoms with Gasteiger partial charge >= 0.3 is 0 Å². The molecular weight excluding hydrogens is 352 g/mol. The van der Waals surface area contributed by atoms with Gasteiger partial charge in [-0.05, 0) is 43.4 Å².